The average Bonchev–Trinajstić information content (AvgIpc) is 2.71. The van der Waals surface area contributed by atoms with Gasteiger partial charge in [0, 0.05) is 24.6 Å². The number of rotatable bonds is 7. The van der Waals surface area contributed by atoms with Gasteiger partial charge in [-0.3, -0.25) is 4.79 Å². The van der Waals surface area contributed by atoms with Gasteiger partial charge >= 0.3 is 0 Å². The molecule has 0 atom stereocenters. The van der Waals surface area contributed by atoms with Gasteiger partial charge in [-0.2, -0.15) is 0 Å². The van der Waals surface area contributed by atoms with Gasteiger partial charge in [0.15, 0.2) is 0 Å². The van der Waals surface area contributed by atoms with Crippen LogP contribution < -0.4 is 15.4 Å². The van der Waals surface area contributed by atoms with Crippen molar-refractivity contribution in [1.82, 2.24) is 9.97 Å². The number of amides is 1. The van der Waals surface area contributed by atoms with Gasteiger partial charge in [0.05, 0.1) is 12.7 Å². The van der Waals surface area contributed by atoms with Crippen LogP contribution in [-0.4, -0.2) is 29.5 Å². The second-order valence-electron chi connectivity index (χ2n) is 6.56. The van der Waals surface area contributed by atoms with Crippen LogP contribution >= 0.6 is 0 Å². The Morgan fingerprint density at radius 2 is 1.82 bits per heavy atom. The van der Waals surface area contributed by atoms with E-state index in [4.69, 9.17) is 4.74 Å². The number of carbonyl (C=O) groups excluding carboxylic acids is 1. The number of para-hydroxylation sites is 1. The van der Waals surface area contributed by atoms with Gasteiger partial charge in [-0.1, -0.05) is 35.9 Å². The van der Waals surface area contributed by atoms with Crippen LogP contribution in [0.1, 0.15) is 27.0 Å². The Hall–Kier alpha value is -3.41. The first-order valence-corrected chi connectivity index (χ1v) is 9.13. The second kappa shape index (κ2) is 8.99. The van der Waals surface area contributed by atoms with E-state index < -0.39 is 0 Å². The van der Waals surface area contributed by atoms with Crippen molar-refractivity contribution in [1.29, 1.82) is 0 Å². The molecule has 1 heterocycles. The van der Waals surface area contributed by atoms with E-state index in [1.54, 1.807) is 7.11 Å². The molecule has 3 aromatic rings. The molecule has 0 radical (unpaired) electrons. The molecule has 1 amide bonds. The molecule has 0 fully saturated rings. The summed E-state index contributed by atoms with van der Waals surface area (Å²) in [5.74, 6) is 1.12. The van der Waals surface area contributed by atoms with Crippen LogP contribution in [0.4, 0.5) is 11.6 Å². The molecule has 0 unspecified atom stereocenters. The summed E-state index contributed by atoms with van der Waals surface area (Å²) in [4.78, 5) is 20.9. The fraction of sp³-hybridized carbons (Fsp3) is 0.227. The quantitative estimate of drug-likeness (QED) is 0.652. The Labute approximate surface area is 165 Å². The van der Waals surface area contributed by atoms with Gasteiger partial charge in [0.25, 0.3) is 5.91 Å². The van der Waals surface area contributed by atoms with Crippen LogP contribution in [0.3, 0.4) is 0 Å². The van der Waals surface area contributed by atoms with Crippen molar-refractivity contribution >= 4 is 17.5 Å². The molecular formula is C22H24N4O2. The van der Waals surface area contributed by atoms with Crippen LogP contribution in [0.25, 0.3) is 0 Å². The highest BCUT2D eigenvalue weighted by Crippen LogP contribution is 2.18. The highest BCUT2D eigenvalue weighted by molar-refractivity contribution is 6.04. The largest absolute Gasteiger partial charge is 0.496 e. The fourth-order valence-corrected chi connectivity index (χ4v) is 2.90. The van der Waals surface area contributed by atoms with Gasteiger partial charge < -0.3 is 15.4 Å². The van der Waals surface area contributed by atoms with E-state index in [1.807, 2.05) is 56.3 Å². The third-order valence-corrected chi connectivity index (χ3v) is 4.41. The first-order chi connectivity index (χ1) is 13.6. The molecule has 0 aliphatic rings. The first kappa shape index (κ1) is 19.4. The summed E-state index contributed by atoms with van der Waals surface area (Å²) in [6, 6.07) is 13.8. The van der Waals surface area contributed by atoms with Gasteiger partial charge in [0.2, 0.25) is 5.95 Å². The number of hydrogen-bond acceptors (Lipinski definition) is 5. The van der Waals surface area contributed by atoms with Crippen LogP contribution in [0, 0.1) is 13.8 Å². The van der Waals surface area contributed by atoms with E-state index in [0.29, 0.717) is 18.1 Å². The van der Waals surface area contributed by atoms with E-state index in [0.717, 1.165) is 34.5 Å². The Balaban J connectivity index is 1.56. The maximum atomic E-state index is 12.4. The monoisotopic (exact) mass is 376 g/mol. The molecule has 6 heteroatoms. The smallest absolute Gasteiger partial charge is 0.258 e. The van der Waals surface area contributed by atoms with Crippen LogP contribution in [0.2, 0.25) is 0 Å². The van der Waals surface area contributed by atoms with E-state index in [9.17, 15) is 4.79 Å². The van der Waals surface area contributed by atoms with Gasteiger partial charge in [-0.05, 0) is 43.5 Å². The molecule has 0 spiro atoms. The molecule has 28 heavy (non-hydrogen) atoms. The normalized spacial score (nSPS) is 10.4. The number of benzene rings is 2. The third-order valence-electron chi connectivity index (χ3n) is 4.41. The third kappa shape index (κ3) is 4.85. The Morgan fingerprint density at radius 3 is 2.54 bits per heavy atom. The zero-order valence-corrected chi connectivity index (χ0v) is 16.3. The molecule has 0 bridgehead atoms. The predicted octanol–water partition coefficient (Wildman–Crippen LogP) is 4.01. The van der Waals surface area contributed by atoms with Gasteiger partial charge in [-0.25, -0.2) is 9.97 Å². The Kier molecular flexibility index (Phi) is 6.22. The number of nitrogens with one attached hydrogen (secondary N) is 2. The molecule has 2 aromatic carbocycles. The first-order valence-electron chi connectivity index (χ1n) is 9.13. The van der Waals surface area contributed by atoms with Gasteiger partial charge in [-0.15, -0.1) is 0 Å². The predicted molar refractivity (Wildman–Crippen MR) is 111 cm³/mol. The number of aromatic nitrogens is 2. The van der Waals surface area contributed by atoms with Gasteiger partial charge in [0.1, 0.15) is 5.75 Å². The number of methoxy groups -OCH3 is 1. The number of ether oxygens (including phenoxy) is 1. The number of carbonyl (C=O) groups is 1. The molecule has 1 aromatic heterocycles. The summed E-state index contributed by atoms with van der Waals surface area (Å²) >= 11 is 0. The molecule has 3 rings (SSSR count). The highest BCUT2D eigenvalue weighted by Gasteiger charge is 2.09. The minimum Gasteiger partial charge on any atom is -0.496 e. The maximum Gasteiger partial charge on any atom is 0.258 e. The lowest BCUT2D eigenvalue weighted by atomic mass is 10.1. The van der Waals surface area contributed by atoms with Crippen LogP contribution in [0.15, 0.2) is 54.9 Å². The summed E-state index contributed by atoms with van der Waals surface area (Å²) in [6.45, 7) is 4.65. The van der Waals surface area contributed by atoms with Crippen molar-refractivity contribution in [2.75, 3.05) is 24.3 Å². The highest BCUT2D eigenvalue weighted by atomic mass is 16.5. The van der Waals surface area contributed by atoms with Crippen molar-refractivity contribution in [3.05, 3.63) is 77.1 Å². The van der Waals surface area contributed by atoms with Crippen molar-refractivity contribution in [3.8, 4) is 5.75 Å². The van der Waals surface area contributed by atoms with Crippen molar-refractivity contribution in [3.63, 3.8) is 0 Å². The van der Waals surface area contributed by atoms with Crippen molar-refractivity contribution in [2.24, 2.45) is 0 Å². The molecule has 0 saturated heterocycles. The lowest BCUT2D eigenvalue weighted by Gasteiger charge is -2.10. The maximum absolute atomic E-state index is 12.4. The molecule has 0 aliphatic heterocycles. The molecule has 2 N–H and O–H groups in total. The Bertz CT molecular complexity index is 955. The number of anilines is 2. The fourth-order valence-electron chi connectivity index (χ4n) is 2.90. The lowest BCUT2D eigenvalue weighted by Crippen LogP contribution is -2.14. The summed E-state index contributed by atoms with van der Waals surface area (Å²) in [5.41, 5.74) is 4.48. The SMILES string of the molecule is COc1ccccc1CCNc1ncc(C(=O)Nc2ccc(C)cc2C)cn1. The summed E-state index contributed by atoms with van der Waals surface area (Å²) in [7, 11) is 1.66. The van der Waals surface area contributed by atoms with Crippen LogP contribution in [-0.2, 0) is 6.42 Å². The topological polar surface area (TPSA) is 76.1 Å². The second-order valence-corrected chi connectivity index (χ2v) is 6.56. The summed E-state index contributed by atoms with van der Waals surface area (Å²) < 4.78 is 5.35. The summed E-state index contributed by atoms with van der Waals surface area (Å²) in [5, 5.41) is 6.06. The number of hydrogen-bond donors (Lipinski definition) is 2. The zero-order chi connectivity index (χ0) is 19.9. The standard InChI is InChI=1S/C22H24N4O2/c1-15-8-9-19(16(2)12-15)26-21(27)18-13-24-22(25-14-18)23-11-10-17-6-4-5-7-20(17)28-3/h4-9,12-14H,10-11H2,1-3H3,(H,26,27)(H,23,24,25). The number of nitrogens with zero attached hydrogens (tertiary/aromatic N) is 2. The van der Waals surface area contributed by atoms with E-state index >= 15 is 0 Å². The molecule has 0 saturated carbocycles. The van der Waals surface area contributed by atoms with E-state index in [1.165, 1.54) is 12.4 Å². The minimum absolute atomic E-state index is 0.229. The summed E-state index contributed by atoms with van der Waals surface area (Å²) in [6.07, 6.45) is 3.83. The molecular weight excluding hydrogens is 352 g/mol. The van der Waals surface area contributed by atoms with E-state index in [2.05, 4.69) is 20.6 Å². The van der Waals surface area contributed by atoms with Crippen LogP contribution in [0.5, 0.6) is 5.75 Å². The molecule has 6 nitrogen and oxygen atoms in total. The Morgan fingerprint density at radius 1 is 1.07 bits per heavy atom. The molecule has 0 aliphatic carbocycles. The van der Waals surface area contributed by atoms with Crippen molar-refractivity contribution < 1.29 is 9.53 Å². The molecule has 144 valence electrons. The average molecular weight is 376 g/mol. The zero-order valence-electron chi connectivity index (χ0n) is 16.3. The van der Waals surface area contributed by atoms with Crippen molar-refractivity contribution in [2.45, 2.75) is 20.3 Å². The minimum atomic E-state index is -0.229. The lowest BCUT2D eigenvalue weighted by molar-refractivity contribution is 0.102. The van der Waals surface area contributed by atoms with E-state index in [-0.39, 0.29) is 5.91 Å². The number of aryl methyl sites for hydroxylation is 2.